The molecule has 0 aliphatic rings. The second-order valence-electron chi connectivity index (χ2n) is 5.87. The monoisotopic (exact) mass is 378 g/mol. The second kappa shape index (κ2) is 7.20. The molecular weight excluding hydrogens is 360 g/mol. The van der Waals surface area contributed by atoms with Crippen LogP contribution in [0.25, 0.3) is 27.6 Å². The second-order valence-corrected chi connectivity index (χ2v) is 6.73. The predicted molar refractivity (Wildman–Crippen MR) is 106 cm³/mol. The lowest BCUT2D eigenvalue weighted by atomic mass is 10.1. The molecule has 0 saturated heterocycles. The largest absolute Gasteiger partial charge is 0.497 e. The van der Waals surface area contributed by atoms with Crippen molar-refractivity contribution in [2.45, 2.75) is 6.92 Å². The Morgan fingerprint density at radius 1 is 1.00 bits per heavy atom. The number of benzene rings is 2. The van der Waals surface area contributed by atoms with Crippen LogP contribution in [0, 0.1) is 6.92 Å². The quantitative estimate of drug-likeness (QED) is 0.516. The molecule has 2 aromatic heterocycles. The first-order valence-corrected chi connectivity index (χ1v) is 9.25. The van der Waals surface area contributed by atoms with E-state index in [1.54, 1.807) is 14.2 Å². The number of aromatic nitrogens is 4. The Bertz CT molecular complexity index is 1070. The molecule has 0 spiro atoms. The molecule has 27 heavy (non-hydrogen) atoms. The Hall–Kier alpha value is -3.19. The van der Waals surface area contributed by atoms with Crippen molar-refractivity contribution in [3.8, 4) is 39.1 Å². The number of thiazole rings is 1. The molecule has 6 nitrogen and oxygen atoms in total. The van der Waals surface area contributed by atoms with E-state index in [4.69, 9.17) is 14.5 Å². The minimum Gasteiger partial charge on any atom is -0.497 e. The van der Waals surface area contributed by atoms with Gasteiger partial charge in [0.25, 0.3) is 0 Å². The summed E-state index contributed by atoms with van der Waals surface area (Å²) in [4.78, 5) is 4.77. The van der Waals surface area contributed by atoms with Crippen LogP contribution in [0.2, 0.25) is 0 Å². The van der Waals surface area contributed by atoms with Crippen molar-refractivity contribution in [2.24, 2.45) is 0 Å². The van der Waals surface area contributed by atoms with Gasteiger partial charge in [-0.05, 0) is 37.3 Å². The molecule has 0 N–H and O–H groups in total. The van der Waals surface area contributed by atoms with E-state index < -0.39 is 0 Å². The molecule has 7 heteroatoms. The Labute approximate surface area is 161 Å². The Morgan fingerprint density at radius 2 is 1.81 bits per heavy atom. The maximum Gasteiger partial charge on any atom is 0.146 e. The van der Waals surface area contributed by atoms with Crippen LogP contribution < -0.4 is 9.47 Å². The van der Waals surface area contributed by atoms with Gasteiger partial charge in [-0.15, -0.1) is 16.4 Å². The third-order valence-corrected chi connectivity index (χ3v) is 5.13. The summed E-state index contributed by atoms with van der Waals surface area (Å²) < 4.78 is 12.6. The zero-order valence-corrected chi connectivity index (χ0v) is 16.0. The van der Waals surface area contributed by atoms with E-state index in [0.717, 1.165) is 44.8 Å². The lowest BCUT2D eigenvalue weighted by molar-refractivity contribution is 0.404. The average Bonchev–Trinajstić information content (AvgIpc) is 3.34. The van der Waals surface area contributed by atoms with Gasteiger partial charge in [-0.2, -0.15) is 0 Å². The highest BCUT2D eigenvalue weighted by atomic mass is 32.1. The van der Waals surface area contributed by atoms with Crippen LogP contribution in [0.1, 0.15) is 5.69 Å². The Kier molecular flexibility index (Phi) is 4.60. The van der Waals surface area contributed by atoms with Crippen molar-refractivity contribution in [3.05, 3.63) is 59.6 Å². The molecule has 2 aromatic carbocycles. The molecule has 2 heterocycles. The molecule has 4 aromatic rings. The molecule has 0 fully saturated rings. The minimum absolute atomic E-state index is 0.748. The molecule has 0 atom stereocenters. The predicted octanol–water partition coefficient (Wildman–Crippen LogP) is 4.38. The summed E-state index contributed by atoms with van der Waals surface area (Å²) in [5.74, 6) is 1.50. The van der Waals surface area contributed by atoms with E-state index in [-0.39, 0.29) is 0 Å². The molecule has 0 bridgehead atoms. The summed E-state index contributed by atoms with van der Waals surface area (Å²) in [7, 11) is 3.29. The van der Waals surface area contributed by atoms with Crippen molar-refractivity contribution in [1.82, 2.24) is 20.0 Å². The average molecular weight is 378 g/mol. The third-order valence-electron chi connectivity index (χ3n) is 4.28. The summed E-state index contributed by atoms with van der Waals surface area (Å²) in [6.45, 7) is 2.00. The van der Waals surface area contributed by atoms with Gasteiger partial charge in [0.15, 0.2) is 0 Å². The molecule has 0 aliphatic carbocycles. The van der Waals surface area contributed by atoms with E-state index in [0.29, 0.717) is 0 Å². The van der Waals surface area contributed by atoms with Crippen LogP contribution in [0.5, 0.6) is 11.5 Å². The molecule has 0 aliphatic heterocycles. The van der Waals surface area contributed by atoms with Crippen LogP contribution in [0.3, 0.4) is 0 Å². The van der Waals surface area contributed by atoms with Gasteiger partial charge in [0.05, 0.1) is 31.3 Å². The lowest BCUT2D eigenvalue weighted by Crippen LogP contribution is -1.98. The van der Waals surface area contributed by atoms with Gasteiger partial charge in [0.1, 0.15) is 22.2 Å². The Morgan fingerprint density at radius 3 is 2.56 bits per heavy atom. The fourth-order valence-corrected chi connectivity index (χ4v) is 3.72. The first-order chi connectivity index (χ1) is 13.2. The van der Waals surface area contributed by atoms with Crippen LogP contribution in [-0.4, -0.2) is 34.2 Å². The fraction of sp³-hybridized carbons (Fsp3) is 0.150. The van der Waals surface area contributed by atoms with E-state index >= 15 is 0 Å². The molecule has 0 radical (unpaired) electrons. The van der Waals surface area contributed by atoms with Crippen LogP contribution >= 0.6 is 11.3 Å². The Balaban J connectivity index is 1.73. The van der Waals surface area contributed by atoms with Gasteiger partial charge in [0, 0.05) is 10.9 Å². The van der Waals surface area contributed by atoms with Crippen molar-refractivity contribution in [1.29, 1.82) is 0 Å². The van der Waals surface area contributed by atoms with Crippen LogP contribution in [0.15, 0.2) is 53.9 Å². The van der Waals surface area contributed by atoms with E-state index in [2.05, 4.69) is 10.3 Å². The van der Waals surface area contributed by atoms with Gasteiger partial charge in [-0.3, -0.25) is 0 Å². The maximum atomic E-state index is 5.48. The smallest absolute Gasteiger partial charge is 0.146 e. The van der Waals surface area contributed by atoms with E-state index in [9.17, 15) is 0 Å². The molecule has 136 valence electrons. The first kappa shape index (κ1) is 17.2. The number of hydrogen-bond donors (Lipinski definition) is 0. The normalized spacial score (nSPS) is 10.8. The van der Waals surface area contributed by atoms with E-state index in [1.165, 1.54) is 11.3 Å². The summed E-state index contributed by atoms with van der Waals surface area (Å²) in [6.07, 6.45) is 0. The van der Waals surface area contributed by atoms with Gasteiger partial charge < -0.3 is 9.47 Å². The summed E-state index contributed by atoms with van der Waals surface area (Å²) in [5.41, 5.74) is 4.39. The maximum absolute atomic E-state index is 5.48. The molecule has 0 unspecified atom stereocenters. The standard InChI is InChI=1S/C20H18N4O2S/c1-13-19(22-23-24(13)14-7-5-4-6-8-14)20-21-17(12-27-20)16-11-15(25-2)9-10-18(16)26-3/h4-12H,1-3H3. The van der Waals surface area contributed by atoms with Gasteiger partial charge in [0.2, 0.25) is 0 Å². The van der Waals surface area contributed by atoms with Gasteiger partial charge in [-0.1, -0.05) is 23.4 Å². The third kappa shape index (κ3) is 3.17. The lowest BCUT2D eigenvalue weighted by Gasteiger charge is -2.08. The molecule has 0 saturated carbocycles. The highest BCUT2D eigenvalue weighted by molar-refractivity contribution is 7.13. The summed E-state index contributed by atoms with van der Waals surface area (Å²) >= 11 is 1.53. The number of methoxy groups -OCH3 is 2. The topological polar surface area (TPSA) is 62.1 Å². The summed E-state index contributed by atoms with van der Waals surface area (Å²) in [6, 6.07) is 15.6. The van der Waals surface area contributed by atoms with Crippen molar-refractivity contribution in [3.63, 3.8) is 0 Å². The number of ether oxygens (including phenoxy) is 2. The number of nitrogens with zero attached hydrogens (tertiary/aromatic N) is 4. The molecule has 0 amide bonds. The molecular formula is C20H18N4O2S. The number of rotatable bonds is 5. The van der Waals surface area contributed by atoms with Crippen molar-refractivity contribution < 1.29 is 9.47 Å². The van der Waals surface area contributed by atoms with Crippen molar-refractivity contribution in [2.75, 3.05) is 14.2 Å². The highest BCUT2D eigenvalue weighted by Crippen LogP contribution is 2.36. The van der Waals surface area contributed by atoms with E-state index in [1.807, 2.05) is 65.5 Å². The van der Waals surface area contributed by atoms with Gasteiger partial charge in [-0.25, -0.2) is 9.67 Å². The van der Waals surface area contributed by atoms with Gasteiger partial charge >= 0.3 is 0 Å². The number of hydrogen-bond acceptors (Lipinski definition) is 6. The van der Waals surface area contributed by atoms with Crippen molar-refractivity contribution >= 4 is 11.3 Å². The minimum atomic E-state index is 0.748. The molecule has 4 rings (SSSR count). The summed E-state index contributed by atoms with van der Waals surface area (Å²) in [5, 5.41) is 11.5. The fourth-order valence-electron chi connectivity index (χ4n) is 2.86. The van der Waals surface area contributed by atoms with Crippen LogP contribution in [-0.2, 0) is 0 Å². The zero-order chi connectivity index (χ0) is 18.8. The van der Waals surface area contributed by atoms with Crippen LogP contribution in [0.4, 0.5) is 0 Å². The zero-order valence-electron chi connectivity index (χ0n) is 15.2. The highest BCUT2D eigenvalue weighted by Gasteiger charge is 2.17. The number of para-hydroxylation sites is 1. The SMILES string of the molecule is COc1ccc(OC)c(-c2csc(-c3nnn(-c4ccccc4)c3C)n2)c1. The first-order valence-electron chi connectivity index (χ1n) is 8.37.